The highest BCUT2D eigenvalue weighted by molar-refractivity contribution is 6.32. The van der Waals surface area contributed by atoms with Crippen LogP contribution in [0.15, 0.2) is 24.4 Å². The number of ether oxygens (including phenoxy) is 1. The van der Waals surface area contributed by atoms with Crippen LogP contribution < -0.4 is 15.4 Å². The van der Waals surface area contributed by atoms with Crippen molar-refractivity contribution < 1.29 is 14.2 Å². The molecule has 1 aromatic carbocycles. The Bertz CT molecular complexity index is 1020. The highest BCUT2D eigenvalue weighted by Gasteiger charge is 2.42. The molecule has 178 valence electrons. The summed E-state index contributed by atoms with van der Waals surface area (Å²) in [6.45, 7) is 5.64. The van der Waals surface area contributed by atoms with Crippen LogP contribution in [0.5, 0.6) is 5.75 Å². The number of piperidine rings is 1. The van der Waals surface area contributed by atoms with E-state index in [-0.39, 0.29) is 29.6 Å². The number of fused-ring (bicyclic) bond motifs is 1. The number of anilines is 3. The molecule has 2 atom stereocenters. The minimum atomic E-state index is -0.459. The molecule has 9 heteroatoms. The summed E-state index contributed by atoms with van der Waals surface area (Å²) in [5, 5.41) is 16.3. The van der Waals surface area contributed by atoms with E-state index in [0.29, 0.717) is 41.3 Å². The number of nitrogens with one attached hydrogen (secondary N) is 2. The molecular weight excluding hydrogens is 445 g/mol. The zero-order valence-corrected chi connectivity index (χ0v) is 19.8. The van der Waals surface area contributed by atoms with Crippen molar-refractivity contribution in [3.05, 3.63) is 35.2 Å². The summed E-state index contributed by atoms with van der Waals surface area (Å²) in [4.78, 5) is 11.1. The second-order valence-corrected chi connectivity index (χ2v) is 10.5. The Morgan fingerprint density at radius 3 is 2.82 bits per heavy atom. The Kier molecular flexibility index (Phi) is 6.09. The van der Waals surface area contributed by atoms with Gasteiger partial charge in [0.15, 0.2) is 11.6 Å². The van der Waals surface area contributed by atoms with Crippen molar-refractivity contribution >= 4 is 29.1 Å². The third kappa shape index (κ3) is 4.88. The minimum absolute atomic E-state index is 0.00690. The maximum absolute atomic E-state index is 14.5. The van der Waals surface area contributed by atoms with Gasteiger partial charge < -0.3 is 20.5 Å². The Balaban J connectivity index is 1.22. The maximum atomic E-state index is 14.5. The first-order valence-electron chi connectivity index (χ1n) is 11.7. The molecule has 1 saturated carbocycles. The van der Waals surface area contributed by atoms with E-state index in [1.165, 1.54) is 19.0 Å². The van der Waals surface area contributed by atoms with Gasteiger partial charge in [-0.05, 0) is 57.7 Å². The molecule has 7 nitrogen and oxygen atoms in total. The number of aliphatic hydroxyl groups excluding tert-OH is 1. The Morgan fingerprint density at radius 2 is 2.06 bits per heavy atom. The van der Waals surface area contributed by atoms with Crippen molar-refractivity contribution in [3.63, 3.8) is 0 Å². The topological polar surface area (TPSA) is 82.5 Å². The summed E-state index contributed by atoms with van der Waals surface area (Å²) in [6, 6.07) is 6.04. The van der Waals surface area contributed by atoms with Crippen molar-refractivity contribution in [2.24, 2.45) is 0 Å². The molecule has 2 aliphatic heterocycles. The van der Waals surface area contributed by atoms with E-state index >= 15 is 0 Å². The molecule has 5 rings (SSSR count). The third-order valence-electron chi connectivity index (χ3n) is 7.22. The highest BCUT2D eigenvalue weighted by Crippen LogP contribution is 2.39. The third-order valence-corrected chi connectivity index (χ3v) is 7.51. The number of benzene rings is 1. The SMILES string of the molecule is CC1(C)CCC2CC(Nc3nc(Nc4ccc(OC5CC(O)C5)c(Cl)c4)ncc3F)CCN21. The van der Waals surface area contributed by atoms with Crippen LogP contribution in [-0.4, -0.2) is 56.3 Å². The first kappa shape index (κ1) is 22.6. The van der Waals surface area contributed by atoms with Crippen LogP contribution in [0, 0.1) is 5.82 Å². The molecule has 3 fully saturated rings. The molecule has 1 aliphatic carbocycles. The van der Waals surface area contributed by atoms with E-state index < -0.39 is 5.82 Å². The number of aromatic nitrogens is 2. The van der Waals surface area contributed by atoms with Gasteiger partial charge in [-0.2, -0.15) is 4.98 Å². The number of hydrogen-bond donors (Lipinski definition) is 3. The smallest absolute Gasteiger partial charge is 0.229 e. The maximum Gasteiger partial charge on any atom is 0.229 e. The molecule has 0 amide bonds. The number of nitrogens with zero attached hydrogens (tertiary/aromatic N) is 3. The van der Waals surface area contributed by atoms with Gasteiger partial charge >= 0.3 is 0 Å². The molecule has 2 unspecified atom stereocenters. The summed E-state index contributed by atoms with van der Waals surface area (Å²) < 4.78 is 20.3. The van der Waals surface area contributed by atoms with Crippen molar-refractivity contribution in [2.75, 3.05) is 17.2 Å². The predicted octanol–water partition coefficient (Wildman–Crippen LogP) is 4.73. The lowest BCUT2D eigenvalue weighted by molar-refractivity contribution is -0.0107. The van der Waals surface area contributed by atoms with Gasteiger partial charge in [-0.1, -0.05) is 11.6 Å². The van der Waals surface area contributed by atoms with Crippen LogP contribution in [0.2, 0.25) is 5.02 Å². The van der Waals surface area contributed by atoms with Crippen LogP contribution in [0.1, 0.15) is 52.4 Å². The lowest BCUT2D eigenvalue weighted by Crippen LogP contribution is -2.50. The lowest BCUT2D eigenvalue weighted by Gasteiger charge is -2.42. The molecule has 1 aromatic heterocycles. The number of rotatable bonds is 6. The van der Waals surface area contributed by atoms with Crippen molar-refractivity contribution in [2.45, 2.75) is 82.2 Å². The Morgan fingerprint density at radius 1 is 1.24 bits per heavy atom. The average molecular weight is 476 g/mol. The zero-order chi connectivity index (χ0) is 23.2. The van der Waals surface area contributed by atoms with Gasteiger partial charge in [0, 0.05) is 42.7 Å². The fraction of sp³-hybridized carbons (Fsp3) is 0.583. The fourth-order valence-electron chi connectivity index (χ4n) is 5.26. The second kappa shape index (κ2) is 8.89. The Labute approximate surface area is 198 Å². The molecule has 2 saturated heterocycles. The molecule has 0 bridgehead atoms. The first-order chi connectivity index (χ1) is 15.8. The van der Waals surface area contributed by atoms with Crippen molar-refractivity contribution in [1.82, 2.24) is 14.9 Å². The van der Waals surface area contributed by atoms with Crippen LogP contribution >= 0.6 is 11.6 Å². The normalized spacial score (nSPS) is 28.6. The largest absolute Gasteiger partial charge is 0.489 e. The van der Waals surface area contributed by atoms with Gasteiger partial charge in [0.25, 0.3) is 0 Å². The van der Waals surface area contributed by atoms with Gasteiger partial charge in [-0.15, -0.1) is 0 Å². The molecule has 2 aromatic rings. The summed E-state index contributed by atoms with van der Waals surface area (Å²) in [5.41, 5.74) is 0.938. The van der Waals surface area contributed by atoms with Gasteiger partial charge in [-0.3, -0.25) is 4.90 Å². The van der Waals surface area contributed by atoms with Crippen LogP contribution in [0.3, 0.4) is 0 Å². The standard InChI is InChI=1S/C24H31ClFN5O2/c1-24(2)7-5-16-9-15(6-8-31(16)24)28-22-20(26)13-27-23(30-22)29-14-3-4-21(19(25)10-14)33-18-11-17(32)12-18/h3-4,10,13,15-18,32H,5-9,11-12H2,1-2H3,(H2,27,28,29,30). The van der Waals surface area contributed by atoms with E-state index in [0.717, 1.165) is 19.4 Å². The Hall–Kier alpha value is -2.16. The predicted molar refractivity (Wildman–Crippen MR) is 127 cm³/mol. The number of aliphatic hydroxyl groups is 1. The number of halogens is 2. The van der Waals surface area contributed by atoms with Crippen LogP contribution in [0.4, 0.5) is 21.8 Å². The fourth-order valence-corrected chi connectivity index (χ4v) is 5.48. The van der Waals surface area contributed by atoms with Crippen molar-refractivity contribution in [3.8, 4) is 5.75 Å². The molecule has 3 heterocycles. The van der Waals surface area contributed by atoms with E-state index in [9.17, 15) is 9.50 Å². The van der Waals surface area contributed by atoms with Crippen LogP contribution in [-0.2, 0) is 0 Å². The van der Waals surface area contributed by atoms with Crippen LogP contribution in [0.25, 0.3) is 0 Å². The summed E-state index contributed by atoms with van der Waals surface area (Å²) in [5.74, 6) is 0.630. The monoisotopic (exact) mass is 475 g/mol. The van der Waals surface area contributed by atoms with Gasteiger partial charge in [0.05, 0.1) is 17.3 Å². The molecule has 0 spiro atoms. The number of hydrogen-bond acceptors (Lipinski definition) is 7. The van der Waals surface area contributed by atoms with E-state index in [1.807, 2.05) is 6.07 Å². The quantitative estimate of drug-likeness (QED) is 0.557. The van der Waals surface area contributed by atoms with Gasteiger partial charge in [-0.25, -0.2) is 9.37 Å². The highest BCUT2D eigenvalue weighted by atomic mass is 35.5. The first-order valence-corrected chi connectivity index (χ1v) is 12.1. The molecular formula is C24H31ClFN5O2. The van der Waals surface area contributed by atoms with Gasteiger partial charge in [0.2, 0.25) is 5.95 Å². The average Bonchev–Trinajstić information content (AvgIpc) is 3.05. The summed E-state index contributed by atoms with van der Waals surface area (Å²) in [6.07, 6.45) is 6.47. The summed E-state index contributed by atoms with van der Waals surface area (Å²) in [7, 11) is 0. The zero-order valence-electron chi connectivity index (χ0n) is 19.0. The van der Waals surface area contributed by atoms with E-state index in [4.69, 9.17) is 16.3 Å². The van der Waals surface area contributed by atoms with Gasteiger partial charge in [0.1, 0.15) is 11.9 Å². The summed E-state index contributed by atoms with van der Waals surface area (Å²) >= 11 is 6.36. The molecule has 3 aliphatic rings. The van der Waals surface area contributed by atoms with E-state index in [2.05, 4.69) is 39.3 Å². The van der Waals surface area contributed by atoms with Crippen molar-refractivity contribution in [1.29, 1.82) is 0 Å². The lowest BCUT2D eigenvalue weighted by atomic mass is 9.92. The second-order valence-electron chi connectivity index (χ2n) is 10.1. The van der Waals surface area contributed by atoms with E-state index in [1.54, 1.807) is 12.1 Å². The molecule has 0 radical (unpaired) electrons. The molecule has 3 N–H and O–H groups in total. The molecule has 33 heavy (non-hydrogen) atoms. The minimum Gasteiger partial charge on any atom is -0.489 e.